The molecule has 0 spiro atoms. The van der Waals surface area contributed by atoms with E-state index in [4.69, 9.17) is 9.47 Å². The number of carbonyl (C=O) groups is 2. The van der Waals surface area contributed by atoms with Gasteiger partial charge in [0, 0.05) is 5.92 Å². The van der Waals surface area contributed by atoms with Crippen LogP contribution in [-0.4, -0.2) is 58.5 Å². The molecule has 1 aliphatic carbocycles. The number of hydrogen-bond acceptors (Lipinski definition) is 8. The maximum Gasteiger partial charge on any atom is 0.337 e. The van der Waals surface area contributed by atoms with Gasteiger partial charge in [-0.3, -0.25) is 4.79 Å². The zero-order chi connectivity index (χ0) is 17.5. The predicted octanol–water partition coefficient (Wildman–Crippen LogP) is -0.682. The van der Waals surface area contributed by atoms with Crippen molar-refractivity contribution in [1.82, 2.24) is 0 Å². The summed E-state index contributed by atoms with van der Waals surface area (Å²) in [5, 5.41) is 31.0. The number of fused-ring (bicyclic) bond motifs is 1. The minimum absolute atomic E-state index is 0.0128. The number of carbonyl (C=O) groups excluding carboxylic acids is 2. The lowest BCUT2D eigenvalue weighted by molar-refractivity contribution is -0.179. The zero-order valence-electron chi connectivity index (χ0n) is 13.4. The highest BCUT2D eigenvalue weighted by Crippen LogP contribution is 2.49. The van der Waals surface area contributed by atoms with Gasteiger partial charge < -0.3 is 29.5 Å². The first kappa shape index (κ1) is 17.7. The molecule has 6 atom stereocenters. The van der Waals surface area contributed by atoms with Crippen LogP contribution in [0.25, 0.3) is 0 Å². The second kappa shape index (κ2) is 6.10. The molecule has 2 rings (SSSR count). The zero-order valence-corrected chi connectivity index (χ0v) is 13.4. The van der Waals surface area contributed by atoms with E-state index >= 15 is 0 Å². The summed E-state index contributed by atoms with van der Waals surface area (Å²) < 4.78 is 15.0. The Morgan fingerprint density at radius 3 is 2.48 bits per heavy atom. The van der Waals surface area contributed by atoms with E-state index in [9.17, 15) is 24.9 Å². The van der Waals surface area contributed by atoms with Crippen LogP contribution < -0.4 is 0 Å². The van der Waals surface area contributed by atoms with E-state index in [-0.39, 0.29) is 5.57 Å². The van der Waals surface area contributed by atoms with Crippen LogP contribution >= 0.6 is 0 Å². The molecule has 1 saturated carbocycles. The van der Waals surface area contributed by atoms with Crippen molar-refractivity contribution in [2.75, 3.05) is 7.11 Å². The fraction of sp³-hybridized carbons (Fsp3) is 0.733. The molecular weight excluding hydrogens is 308 g/mol. The summed E-state index contributed by atoms with van der Waals surface area (Å²) in [6.45, 7) is 4.54. The summed E-state index contributed by atoms with van der Waals surface area (Å²) >= 11 is 0. The van der Waals surface area contributed by atoms with Gasteiger partial charge in [0.1, 0.15) is 17.8 Å². The SMILES string of the molecule is COC(=O)C1=COC(O)[C@H]2[C@@H]1[C@H](OC(=O)C(C)C)[C@H](O)[C@]2(C)O. The van der Waals surface area contributed by atoms with Crippen LogP contribution in [0.3, 0.4) is 0 Å². The van der Waals surface area contributed by atoms with Crippen LogP contribution in [0.1, 0.15) is 20.8 Å². The molecule has 2 aliphatic rings. The van der Waals surface area contributed by atoms with Crippen molar-refractivity contribution < 1.29 is 39.1 Å². The van der Waals surface area contributed by atoms with Gasteiger partial charge in [-0.05, 0) is 6.92 Å². The molecule has 1 aliphatic heterocycles. The highest BCUT2D eigenvalue weighted by Gasteiger charge is 2.64. The first-order chi connectivity index (χ1) is 10.6. The molecule has 0 amide bonds. The first-order valence-corrected chi connectivity index (χ1v) is 7.35. The lowest BCUT2D eigenvalue weighted by Crippen LogP contribution is -2.48. The van der Waals surface area contributed by atoms with Crippen LogP contribution in [0.5, 0.6) is 0 Å². The van der Waals surface area contributed by atoms with Crippen molar-refractivity contribution in [2.24, 2.45) is 17.8 Å². The van der Waals surface area contributed by atoms with Gasteiger partial charge in [0.25, 0.3) is 0 Å². The Labute approximate surface area is 133 Å². The Kier molecular flexibility index (Phi) is 4.70. The Morgan fingerprint density at radius 1 is 1.35 bits per heavy atom. The quantitative estimate of drug-likeness (QED) is 0.582. The van der Waals surface area contributed by atoms with E-state index in [1.807, 2.05) is 0 Å². The normalized spacial score (nSPS) is 39.3. The van der Waals surface area contributed by atoms with Crippen molar-refractivity contribution in [1.29, 1.82) is 0 Å². The Hall–Kier alpha value is -1.64. The maximum atomic E-state index is 11.9. The van der Waals surface area contributed by atoms with E-state index < -0.39 is 53.8 Å². The summed E-state index contributed by atoms with van der Waals surface area (Å²) in [6.07, 6.45) is -3.14. The molecule has 130 valence electrons. The van der Waals surface area contributed by atoms with E-state index in [0.29, 0.717) is 0 Å². The molecule has 0 aromatic carbocycles. The molecule has 8 heteroatoms. The third-order valence-electron chi connectivity index (χ3n) is 4.47. The number of esters is 2. The standard InChI is InChI=1S/C15H22O8/c1-6(2)12(17)23-10-8-7(13(18)21-4)5-22-14(19)9(8)15(3,20)11(10)16/h5-6,8-11,14,16,19-20H,1-4H3/t8-,9-,10+,11+,14?,15-/m1/s1. The lowest BCUT2D eigenvalue weighted by Gasteiger charge is -2.36. The molecule has 0 aromatic rings. The molecule has 23 heavy (non-hydrogen) atoms. The van der Waals surface area contributed by atoms with Gasteiger partial charge in [-0.1, -0.05) is 13.8 Å². The van der Waals surface area contributed by atoms with Crippen LogP contribution in [0.15, 0.2) is 11.8 Å². The van der Waals surface area contributed by atoms with Crippen molar-refractivity contribution in [3.05, 3.63) is 11.8 Å². The maximum absolute atomic E-state index is 11.9. The summed E-state index contributed by atoms with van der Waals surface area (Å²) in [7, 11) is 1.17. The number of aliphatic hydroxyl groups excluding tert-OH is 2. The van der Waals surface area contributed by atoms with Crippen LogP contribution in [-0.2, 0) is 23.8 Å². The number of rotatable bonds is 3. The lowest BCUT2D eigenvalue weighted by atomic mass is 9.81. The highest BCUT2D eigenvalue weighted by molar-refractivity contribution is 5.89. The summed E-state index contributed by atoms with van der Waals surface area (Å²) in [6, 6.07) is 0. The summed E-state index contributed by atoms with van der Waals surface area (Å²) in [5.74, 6) is -3.79. The molecule has 0 aromatic heterocycles. The van der Waals surface area contributed by atoms with Gasteiger partial charge in [-0.15, -0.1) is 0 Å². The number of aliphatic hydroxyl groups is 3. The molecule has 0 bridgehead atoms. The van der Waals surface area contributed by atoms with Gasteiger partial charge in [0.15, 0.2) is 0 Å². The number of hydrogen-bond donors (Lipinski definition) is 3. The molecule has 8 nitrogen and oxygen atoms in total. The monoisotopic (exact) mass is 330 g/mol. The van der Waals surface area contributed by atoms with E-state index in [1.54, 1.807) is 13.8 Å². The highest BCUT2D eigenvalue weighted by atomic mass is 16.6. The van der Waals surface area contributed by atoms with Crippen molar-refractivity contribution in [2.45, 2.75) is 44.9 Å². The van der Waals surface area contributed by atoms with Gasteiger partial charge in [0.05, 0.1) is 30.8 Å². The van der Waals surface area contributed by atoms with E-state index in [0.717, 1.165) is 6.26 Å². The topological polar surface area (TPSA) is 123 Å². The molecular formula is C15H22O8. The smallest absolute Gasteiger partial charge is 0.337 e. The van der Waals surface area contributed by atoms with Gasteiger partial charge in [0.2, 0.25) is 6.29 Å². The molecule has 1 fully saturated rings. The Morgan fingerprint density at radius 2 is 1.96 bits per heavy atom. The molecule has 0 saturated heterocycles. The van der Waals surface area contributed by atoms with Gasteiger partial charge in [-0.2, -0.15) is 0 Å². The minimum Gasteiger partial charge on any atom is -0.472 e. The van der Waals surface area contributed by atoms with Gasteiger partial charge >= 0.3 is 11.9 Å². The van der Waals surface area contributed by atoms with Crippen molar-refractivity contribution in [3.63, 3.8) is 0 Å². The fourth-order valence-corrected chi connectivity index (χ4v) is 3.15. The van der Waals surface area contributed by atoms with E-state index in [1.165, 1.54) is 14.0 Å². The minimum atomic E-state index is -1.82. The number of methoxy groups -OCH3 is 1. The second-order valence-corrected chi connectivity index (χ2v) is 6.37. The molecule has 1 unspecified atom stereocenters. The van der Waals surface area contributed by atoms with Crippen LogP contribution in [0.2, 0.25) is 0 Å². The first-order valence-electron chi connectivity index (χ1n) is 7.35. The molecule has 1 heterocycles. The van der Waals surface area contributed by atoms with Crippen molar-refractivity contribution in [3.8, 4) is 0 Å². The molecule has 0 radical (unpaired) electrons. The largest absolute Gasteiger partial charge is 0.472 e. The van der Waals surface area contributed by atoms with Crippen molar-refractivity contribution >= 4 is 11.9 Å². The Balaban J connectivity index is 2.44. The fourth-order valence-electron chi connectivity index (χ4n) is 3.15. The second-order valence-electron chi connectivity index (χ2n) is 6.37. The average molecular weight is 330 g/mol. The molecule has 3 N–H and O–H groups in total. The average Bonchev–Trinajstić information content (AvgIpc) is 2.68. The third kappa shape index (κ3) is 2.82. The summed E-state index contributed by atoms with van der Waals surface area (Å²) in [5.41, 5.74) is -1.83. The van der Waals surface area contributed by atoms with E-state index in [2.05, 4.69) is 4.74 Å². The predicted molar refractivity (Wildman–Crippen MR) is 75.5 cm³/mol. The number of ether oxygens (including phenoxy) is 3. The Bertz CT molecular complexity index is 524. The van der Waals surface area contributed by atoms with Gasteiger partial charge in [-0.25, -0.2) is 4.79 Å². The summed E-state index contributed by atoms with van der Waals surface area (Å²) in [4.78, 5) is 23.9. The van der Waals surface area contributed by atoms with Crippen LogP contribution in [0, 0.1) is 17.8 Å². The third-order valence-corrected chi connectivity index (χ3v) is 4.47. The van der Waals surface area contributed by atoms with Crippen LogP contribution in [0.4, 0.5) is 0 Å².